The number of aromatic nitrogens is 2. The molecular formula is C27H36N4O4. The molecular weight excluding hydrogens is 444 g/mol. The number of unbranched alkanes of at least 4 members (excludes halogenated alkanes) is 2. The number of aryl methyl sites for hydroxylation is 1. The van der Waals surface area contributed by atoms with Gasteiger partial charge >= 0.3 is 0 Å². The zero-order valence-electron chi connectivity index (χ0n) is 21.2. The highest BCUT2D eigenvalue weighted by atomic mass is 16.4. The molecule has 0 spiro atoms. The topological polar surface area (TPSA) is 97.4 Å². The second-order valence-corrected chi connectivity index (χ2v) is 9.21. The van der Waals surface area contributed by atoms with Gasteiger partial charge < -0.3 is 19.2 Å². The summed E-state index contributed by atoms with van der Waals surface area (Å²) in [6, 6.07) is 9.10. The van der Waals surface area contributed by atoms with E-state index >= 15 is 0 Å². The van der Waals surface area contributed by atoms with Crippen LogP contribution in [0.15, 0.2) is 45.7 Å². The summed E-state index contributed by atoms with van der Waals surface area (Å²) in [4.78, 5) is 43.5. The van der Waals surface area contributed by atoms with E-state index in [1.807, 2.05) is 56.3 Å². The lowest BCUT2D eigenvalue weighted by atomic mass is 10.0. The minimum absolute atomic E-state index is 0.0776. The standard InChI is InChI=1S/C27H36N4O4/c1-5-20(32)12-7-6-8-13-22(29-25(33)15-16-30(2)3)26-28-18-24(35-26)21-17-19-11-9-10-14-23(19)31(4)27(21)34/h9-11,14,17-18,22H,5-8,12-13,15-16H2,1-4H3,(H,29,33). The van der Waals surface area contributed by atoms with Crippen molar-refractivity contribution in [3.05, 3.63) is 52.8 Å². The molecule has 188 valence electrons. The van der Waals surface area contributed by atoms with Crippen molar-refractivity contribution in [2.75, 3.05) is 20.6 Å². The Bertz CT molecular complexity index is 1210. The van der Waals surface area contributed by atoms with Crippen molar-refractivity contribution in [2.45, 2.75) is 57.9 Å². The first-order valence-corrected chi connectivity index (χ1v) is 12.3. The number of carbonyl (C=O) groups excluding carboxylic acids is 2. The van der Waals surface area contributed by atoms with Crippen molar-refractivity contribution in [3.8, 4) is 11.3 Å². The molecule has 0 saturated carbocycles. The Morgan fingerprint density at radius 2 is 1.91 bits per heavy atom. The number of amides is 1. The number of hydrogen-bond acceptors (Lipinski definition) is 6. The summed E-state index contributed by atoms with van der Waals surface area (Å²) in [5, 5.41) is 3.98. The molecule has 0 bridgehead atoms. The third kappa shape index (κ3) is 7.11. The van der Waals surface area contributed by atoms with Crippen molar-refractivity contribution in [1.82, 2.24) is 19.8 Å². The van der Waals surface area contributed by atoms with Crippen LogP contribution >= 0.6 is 0 Å². The second kappa shape index (κ2) is 12.4. The van der Waals surface area contributed by atoms with E-state index in [-0.39, 0.29) is 17.2 Å². The highest BCUT2D eigenvalue weighted by molar-refractivity contribution is 5.83. The lowest BCUT2D eigenvalue weighted by Crippen LogP contribution is -2.31. The fourth-order valence-electron chi connectivity index (χ4n) is 4.05. The Morgan fingerprint density at radius 3 is 2.66 bits per heavy atom. The van der Waals surface area contributed by atoms with Crippen LogP contribution in [0, 0.1) is 0 Å². The van der Waals surface area contributed by atoms with E-state index in [2.05, 4.69) is 10.3 Å². The minimum Gasteiger partial charge on any atom is -0.438 e. The van der Waals surface area contributed by atoms with E-state index < -0.39 is 6.04 Å². The zero-order valence-corrected chi connectivity index (χ0v) is 21.2. The lowest BCUT2D eigenvalue weighted by Gasteiger charge is -2.17. The molecule has 0 saturated heterocycles. The average Bonchev–Trinajstić information content (AvgIpc) is 3.33. The Hall–Kier alpha value is -3.26. The molecule has 2 heterocycles. The molecule has 8 nitrogen and oxygen atoms in total. The Labute approximate surface area is 206 Å². The van der Waals surface area contributed by atoms with Crippen molar-refractivity contribution < 1.29 is 14.0 Å². The van der Waals surface area contributed by atoms with Gasteiger partial charge in [0.2, 0.25) is 11.8 Å². The van der Waals surface area contributed by atoms with Gasteiger partial charge in [-0.2, -0.15) is 0 Å². The third-order valence-electron chi connectivity index (χ3n) is 6.18. The number of ketones is 1. The molecule has 0 radical (unpaired) electrons. The van der Waals surface area contributed by atoms with E-state index in [0.717, 1.165) is 30.2 Å². The van der Waals surface area contributed by atoms with Crippen LogP contribution in [-0.4, -0.2) is 46.8 Å². The summed E-state index contributed by atoms with van der Waals surface area (Å²) in [6.07, 6.45) is 6.26. The predicted octanol–water partition coefficient (Wildman–Crippen LogP) is 4.23. The second-order valence-electron chi connectivity index (χ2n) is 9.21. The van der Waals surface area contributed by atoms with E-state index in [1.165, 1.54) is 0 Å². The van der Waals surface area contributed by atoms with Crippen molar-refractivity contribution in [2.24, 2.45) is 7.05 Å². The van der Waals surface area contributed by atoms with Crippen LogP contribution in [0.1, 0.15) is 63.8 Å². The van der Waals surface area contributed by atoms with Gasteiger partial charge in [0, 0.05) is 32.9 Å². The van der Waals surface area contributed by atoms with Crippen molar-refractivity contribution in [1.29, 1.82) is 0 Å². The van der Waals surface area contributed by atoms with Crippen LogP contribution in [0.5, 0.6) is 0 Å². The largest absolute Gasteiger partial charge is 0.438 e. The van der Waals surface area contributed by atoms with Gasteiger partial charge in [-0.1, -0.05) is 38.0 Å². The van der Waals surface area contributed by atoms with E-state index in [4.69, 9.17) is 4.42 Å². The first kappa shape index (κ1) is 26.3. The summed E-state index contributed by atoms with van der Waals surface area (Å²) < 4.78 is 7.65. The Morgan fingerprint density at radius 1 is 1.14 bits per heavy atom. The molecule has 1 N–H and O–H groups in total. The maximum atomic E-state index is 13.0. The highest BCUT2D eigenvalue weighted by Crippen LogP contribution is 2.26. The number of benzene rings is 1. The van der Waals surface area contributed by atoms with Gasteiger partial charge in [0.05, 0.1) is 17.3 Å². The summed E-state index contributed by atoms with van der Waals surface area (Å²) in [5.74, 6) is 0.963. The molecule has 1 unspecified atom stereocenters. The molecule has 3 rings (SSSR count). The summed E-state index contributed by atoms with van der Waals surface area (Å²) >= 11 is 0. The van der Waals surface area contributed by atoms with Crippen LogP contribution in [0.3, 0.4) is 0 Å². The number of fused-ring (bicyclic) bond motifs is 1. The predicted molar refractivity (Wildman–Crippen MR) is 137 cm³/mol. The average molecular weight is 481 g/mol. The maximum absolute atomic E-state index is 13.0. The zero-order chi connectivity index (χ0) is 25.4. The molecule has 0 aliphatic rings. The fourth-order valence-corrected chi connectivity index (χ4v) is 4.05. The van der Waals surface area contributed by atoms with Crippen LogP contribution in [0.2, 0.25) is 0 Å². The third-order valence-corrected chi connectivity index (χ3v) is 6.18. The number of rotatable bonds is 13. The van der Waals surface area contributed by atoms with Crippen LogP contribution in [0.25, 0.3) is 22.2 Å². The van der Waals surface area contributed by atoms with E-state index in [0.29, 0.717) is 49.4 Å². The monoisotopic (exact) mass is 480 g/mol. The molecule has 0 aliphatic carbocycles. The first-order chi connectivity index (χ1) is 16.8. The molecule has 2 aromatic heterocycles. The molecule has 1 amide bonds. The van der Waals surface area contributed by atoms with E-state index in [1.54, 1.807) is 17.8 Å². The van der Waals surface area contributed by atoms with Gasteiger partial charge in [-0.25, -0.2) is 4.98 Å². The molecule has 1 aromatic carbocycles. The summed E-state index contributed by atoms with van der Waals surface area (Å²) in [6.45, 7) is 2.52. The molecule has 1 atom stereocenters. The van der Waals surface area contributed by atoms with Crippen molar-refractivity contribution >= 4 is 22.6 Å². The van der Waals surface area contributed by atoms with Gasteiger partial charge in [0.15, 0.2) is 5.76 Å². The Balaban J connectivity index is 1.79. The summed E-state index contributed by atoms with van der Waals surface area (Å²) in [7, 11) is 5.59. The number of para-hydroxylation sites is 1. The number of oxazole rings is 1. The van der Waals surface area contributed by atoms with Gasteiger partial charge in [-0.3, -0.25) is 14.4 Å². The molecule has 3 aromatic rings. The van der Waals surface area contributed by atoms with Crippen LogP contribution in [-0.2, 0) is 16.6 Å². The van der Waals surface area contributed by atoms with Gasteiger partial charge in [-0.05, 0) is 44.5 Å². The fraction of sp³-hybridized carbons (Fsp3) is 0.481. The number of Topliss-reactive ketones (excluding diaryl/α,β-unsaturated/α-hetero) is 1. The number of carbonyl (C=O) groups is 2. The number of nitrogens with zero attached hydrogens (tertiary/aromatic N) is 3. The smallest absolute Gasteiger partial charge is 0.261 e. The first-order valence-electron chi connectivity index (χ1n) is 12.3. The van der Waals surface area contributed by atoms with Gasteiger partial charge in [0.1, 0.15) is 11.8 Å². The SMILES string of the molecule is CCC(=O)CCCCCC(NC(=O)CCN(C)C)c1ncc(-c2cc3ccccc3n(C)c2=O)o1. The van der Waals surface area contributed by atoms with Gasteiger partial charge in [-0.15, -0.1) is 0 Å². The number of nitrogens with one attached hydrogen (secondary N) is 1. The number of hydrogen-bond donors (Lipinski definition) is 1. The normalized spacial score (nSPS) is 12.3. The quantitative estimate of drug-likeness (QED) is 0.368. The summed E-state index contributed by atoms with van der Waals surface area (Å²) in [5.41, 5.74) is 1.10. The van der Waals surface area contributed by atoms with Crippen LogP contribution < -0.4 is 10.9 Å². The molecule has 8 heteroatoms. The molecule has 35 heavy (non-hydrogen) atoms. The van der Waals surface area contributed by atoms with Crippen molar-refractivity contribution in [3.63, 3.8) is 0 Å². The number of pyridine rings is 1. The Kier molecular flexibility index (Phi) is 9.37. The lowest BCUT2D eigenvalue weighted by molar-refractivity contribution is -0.122. The molecule has 0 aliphatic heterocycles. The maximum Gasteiger partial charge on any atom is 0.261 e. The minimum atomic E-state index is -0.399. The van der Waals surface area contributed by atoms with Crippen LogP contribution in [0.4, 0.5) is 0 Å². The highest BCUT2D eigenvalue weighted by Gasteiger charge is 2.22. The molecule has 0 fully saturated rings. The van der Waals surface area contributed by atoms with Gasteiger partial charge in [0.25, 0.3) is 5.56 Å². The van der Waals surface area contributed by atoms with E-state index in [9.17, 15) is 14.4 Å².